The number of alkyl halides is 1. The Kier molecular flexibility index (Phi) is 4.46. The molecule has 1 atom stereocenters. The van der Waals surface area contributed by atoms with Crippen molar-refractivity contribution in [1.29, 1.82) is 0 Å². The fourth-order valence-electron chi connectivity index (χ4n) is 3.59. The van der Waals surface area contributed by atoms with Crippen LogP contribution in [0.2, 0.25) is 5.02 Å². The highest BCUT2D eigenvalue weighted by Crippen LogP contribution is 2.39. The first-order chi connectivity index (χ1) is 10.1. The van der Waals surface area contributed by atoms with Gasteiger partial charge in [-0.25, -0.2) is 4.98 Å². The number of imidazole rings is 1. The Morgan fingerprint density at radius 2 is 2.00 bits per heavy atom. The van der Waals surface area contributed by atoms with E-state index < -0.39 is 0 Å². The Morgan fingerprint density at radius 3 is 2.62 bits per heavy atom. The molecular weight excluding hydrogens is 303 g/mol. The van der Waals surface area contributed by atoms with Crippen molar-refractivity contribution in [2.45, 2.75) is 57.4 Å². The Labute approximate surface area is 136 Å². The van der Waals surface area contributed by atoms with E-state index in [9.17, 15) is 0 Å². The van der Waals surface area contributed by atoms with Crippen molar-refractivity contribution in [2.24, 2.45) is 5.92 Å². The molecule has 1 unspecified atom stereocenters. The van der Waals surface area contributed by atoms with Gasteiger partial charge in [0.05, 0.1) is 21.4 Å². The third-order valence-corrected chi connectivity index (χ3v) is 5.30. The van der Waals surface area contributed by atoms with E-state index in [1.54, 1.807) is 0 Å². The Morgan fingerprint density at radius 1 is 1.29 bits per heavy atom. The topological polar surface area (TPSA) is 17.8 Å². The van der Waals surface area contributed by atoms with Crippen LogP contribution in [0, 0.1) is 5.92 Å². The molecule has 2 nitrogen and oxygen atoms in total. The average Bonchev–Trinajstić information content (AvgIpc) is 2.88. The Hall–Kier alpha value is -0.730. The summed E-state index contributed by atoms with van der Waals surface area (Å²) in [6.07, 6.45) is 6.28. The first kappa shape index (κ1) is 15.2. The number of fused-ring (bicyclic) bond motifs is 1. The highest BCUT2D eigenvalue weighted by Gasteiger charge is 2.27. The monoisotopic (exact) mass is 324 g/mol. The summed E-state index contributed by atoms with van der Waals surface area (Å²) in [7, 11) is 0. The molecule has 21 heavy (non-hydrogen) atoms. The number of rotatable bonds is 3. The lowest BCUT2D eigenvalue weighted by molar-refractivity contribution is 0.269. The van der Waals surface area contributed by atoms with Gasteiger partial charge >= 0.3 is 0 Å². The van der Waals surface area contributed by atoms with Crippen LogP contribution in [0.3, 0.4) is 0 Å². The van der Waals surface area contributed by atoms with Crippen molar-refractivity contribution in [1.82, 2.24) is 9.55 Å². The smallest absolute Gasteiger partial charge is 0.128 e. The predicted molar refractivity (Wildman–Crippen MR) is 90.3 cm³/mol. The van der Waals surface area contributed by atoms with Gasteiger partial charge in [0.1, 0.15) is 5.82 Å². The van der Waals surface area contributed by atoms with Crippen molar-refractivity contribution in [3.63, 3.8) is 0 Å². The van der Waals surface area contributed by atoms with Gasteiger partial charge in [-0.05, 0) is 50.7 Å². The fraction of sp³-hybridized carbons (Fsp3) is 0.588. The van der Waals surface area contributed by atoms with Crippen molar-refractivity contribution in [3.8, 4) is 0 Å². The summed E-state index contributed by atoms with van der Waals surface area (Å²) in [5.41, 5.74) is 2.02. The molecule has 0 aliphatic heterocycles. The second kappa shape index (κ2) is 6.18. The van der Waals surface area contributed by atoms with Crippen LogP contribution in [-0.4, -0.2) is 9.55 Å². The molecule has 0 saturated heterocycles. The van der Waals surface area contributed by atoms with E-state index in [0.717, 1.165) is 27.8 Å². The van der Waals surface area contributed by atoms with Gasteiger partial charge in [0.15, 0.2) is 0 Å². The van der Waals surface area contributed by atoms with Crippen LogP contribution in [0.25, 0.3) is 11.0 Å². The molecule has 0 radical (unpaired) electrons. The molecule has 1 aliphatic carbocycles. The lowest BCUT2D eigenvalue weighted by atomic mass is 9.84. The van der Waals surface area contributed by atoms with Gasteiger partial charge in [-0.2, -0.15) is 0 Å². The second-order valence-corrected chi connectivity index (χ2v) is 7.21. The maximum Gasteiger partial charge on any atom is 0.128 e. The largest absolute Gasteiger partial charge is 0.322 e. The summed E-state index contributed by atoms with van der Waals surface area (Å²) in [5.74, 6) is 1.84. The normalized spacial score (nSPS) is 24.4. The number of benzene rings is 1. The third-order valence-electron chi connectivity index (χ3n) is 4.80. The van der Waals surface area contributed by atoms with E-state index >= 15 is 0 Å². The molecule has 1 saturated carbocycles. The highest BCUT2D eigenvalue weighted by atomic mass is 35.5. The van der Waals surface area contributed by atoms with Gasteiger partial charge in [0, 0.05) is 6.04 Å². The van der Waals surface area contributed by atoms with E-state index in [4.69, 9.17) is 28.2 Å². The van der Waals surface area contributed by atoms with Gasteiger partial charge < -0.3 is 4.57 Å². The van der Waals surface area contributed by atoms with Crippen LogP contribution >= 0.6 is 23.2 Å². The molecular formula is C17H22Cl2N2. The SMILES string of the molecule is CCC1CCC(n2c(C(C)Cl)nc3cccc(Cl)c32)CC1. The highest BCUT2D eigenvalue weighted by molar-refractivity contribution is 6.35. The van der Waals surface area contributed by atoms with Crippen molar-refractivity contribution in [3.05, 3.63) is 29.0 Å². The maximum atomic E-state index is 6.45. The zero-order chi connectivity index (χ0) is 15.0. The number of hydrogen-bond donors (Lipinski definition) is 0. The lowest BCUT2D eigenvalue weighted by Gasteiger charge is -2.30. The van der Waals surface area contributed by atoms with E-state index in [1.165, 1.54) is 32.1 Å². The summed E-state index contributed by atoms with van der Waals surface area (Å²) in [5, 5.41) is 0.679. The van der Waals surface area contributed by atoms with Crippen molar-refractivity contribution >= 4 is 34.2 Å². The Balaban J connectivity index is 2.05. The summed E-state index contributed by atoms with van der Waals surface area (Å²) in [6.45, 7) is 4.28. The lowest BCUT2D eigenvalue weighted by Crippen LogP contribution is -2.20. The van der Waals surface area contributed by atoms with Crippen LogP contribution in [0.5, 0.6) is 0 Å². The third kappa shape index (κ3) is 2.80. The van der Waals surface area contributed by atoms with Gasteiger partial charge in [-0.3, -0.25) is 0 Å². The van der Waals surface area contributed by atoms with Crippen LogP contribution in [0.1, 0.15) is 63.2 Å². The number of para-hydroxylation sites is 1. The first-order valence-corrected chi connectivity index (χ1v) is 8.73. The van der Waals surface area contributed by atoms with Crippen LogP contribution in [-0.2, 0) is 0 Å². The van der Waals surface area contributed by atoms with E-state index in [0.29, 0.717) is 6.04 Å². The van der Waals surface area contributed by atoms with Gasteiger partial charge in [-0.15, -0.1) is 11.6 Å². The van der Waals surface area contributed by atoms with E-state index in [1.807, 2.05) is 25.1 Å². The van der Waals surface area contributed by atoms with Crippen molar-refractivity contribution < 1.29 is 0 Å². The molecule has 1 fully saturated rings. The minimum Gasteiger partial charge on any atom is -0.322 e. The van der Waals surface area contributed by atoms with Gasteiger partial charge in [0.25, 0.3) is 0 Å². The predicted octanol–water partition coefficient (Wildman–Crippen LogP) is 6.13. The molecule has 1 aliphatic rings. The van der Waals surface area contributed by atoms with Crippen LogP contribution < -0.4 is 0 Å². The maximum absolute atomic E-state index is 6.45. The summed E-state index contributed by atoms with van der Waals surface area (Å²) >= 11 is 12.8. The van der Waals surface area contributed by atoms with Gasteiger partial charge in [-0.1, -0.05) is 31.0 Å². The summed E-state index contributed by atoms with van der Waals surface area (Å²) < 4.78 is 2.32. The fourth-order valence-corrected chi connectivity index (χ4v) is 4.00. The Bertz CT molecular complexity index is 625. The number of aromatic nitrogens is 2. The molecule has 0 N–H and O–H groups in total. The zero-order valence-corrected chi connectivity index (χ0v) is 14.2. The summed E-state index contributed by atoms with van der Waals surface area (Å²) in [6, 6.07) is 6.41. The van der Waals surface area contributed by atoms with E-state index in [-0.39, 0.29) is 5.38 Å². The first-order valence-electron chi connectivity index (χ1n) is 7.92. The molecule has 4 heteroatoms. The average molecular weight is 325 g/mol. The van der Waals surface area contributed by atoms with Crippen LogP contribution in [0.15, 0.2) is 18.2 Å². The molecule has 114 valence electrons. The molecule has 3 rings (SSSR count). The number of halogens is 2. The van der Waals surface area contributed by atoms with E-state index in [2.05, 4.69) is 11.5 Å². The molecule has 1 aromatic heterocycles. The molecule has 0 spiro atoms. The quantitative estimate of drug-likeness (QED) is 0.621. The molecule has 0 bridgehead atoms. The number of nitrogens with zero attached hydrogens (tertiary/aromatic N) is 2. The molecule has 2 aromatic rings. The van der Waals surface area contributed by atoms with Crippen LogP contribution in [0.4, 0.5) is 0 Å². The zero-order valence-electron chi connectivity index (χ0n) is 12.6. The minimum atomic E-state index is -0.0997. The standard InChI is InChI=1S/C17H22Cl2N2/c1-3-12-7-9-13(10-8-12)21-16-14(19)5-4-6-15(16)20-17(21)11(2)18/h4-6,11-13H,3,7-10H2,1-2H3. The van der Waals surface area contributed by atoms with Crippen molar-refractivity contribution in [2.75, 3.05) is 0 Å². The number of hydrogen-bond acceptors (Lipinski definition) is 1. The second-order valence-electron chi connectivity index (χ2n) is 6.15. The summed E-state index contributed by atoms with van der Waals surface area (Å²) in [4.78, 5) is 4.73. The van der Waals surface area contributed by atoms with Gasteiger partial charge in [0.2, 0.25) is 0 Å². The molecule has 1 heterocycles. The minimum absolute atomic E-state index is 0.0997. The molecule has 1 aromatic carbocycles. The molecule has 0 amide bonds.